The van der Waals surface area contributed by atoms with Crippen molar-refractivity contribution in [1.29, 1.82) is 0 Å². The lowest BCUT2D eigenvalue weighted by molar-refractivity contribution is 0.0929. The second-order valence-corrected chi connectivity index (χ2v) is 10.2. The molecule has 1 heterocycles. The highest BCUT2D eigenvalue weighted by atomic mass is 127. The average molecular weight is 660 g/mol. The molecule has 0 aliphatic carbocycles. The van der Waals surface area contributed by atoms with Crippen molar-refractivity contribution < 1.29 is 13.9 Å². The normalized spacial score (nSPS) is 11.4. The van der Waals surface area contributed by atoms with Crippen LogP contribution in [0.3, 0.4) is 0 Å². The van der Waals surface area contributed by atoms with E-state index in [1.165, 1.54) is 0 Å². The Hall–Kier alpha value is -2.88. The molecule has 0 spiro atoms. The number of carbonyl (C=O) groups excluding carboxylic acids is 1. The van der Waals surface area contributed by atoms with Crippen molar-refractivity contribution >= 4 is 84.0 Å². The third-order valence-corrected chi connectivity index (χ3v) is 7.02. The fraction of sp³-hybridized carbons (Fsp3) is 0.0370. The van der Waals surface area contributed by atoms with Gasteiger partial charge in [0.2, 0.25) is 0 Å². The number of halogens is 3. The van der Waals surface area contributed by atoms with E-state index in [2.05, 4.69) is 49.0 Å². The summed E-state index contributed by atoms with van der Waals surface area (Å²) in [5.74, 6) is 0.370. The molecule has 1 aromatic heterocycles. The number of furan rings is 1. The van der Waals surface area contributed by atoms with Crippen LogP contribution in [-0.4, -0.2) is 12.1 Å². The summed E-state index contributed by atoms with van der Waals surface area (Å²) in [6, 6.07) is 24.9. The number of rotatable bonds is 6. The molecule has 5 aromatic rings. The third kappa shape index (κ3) is 5.22. The largest absolute Gasteiger partial charge is 0.488 e. The van der Waals surface area contributed by atoms with Crippen LogP contribution in [0.15, 0.2) is 92.9 Å². The van der Waals surface area contributed by atoms with Crippen molar-refractivity contribution in [2.24, 2.45) is 5.10 Å². The van der Waals surface area contributed by atoms with Crippen molar-refractivity contribution in [2.45, 2.75) is 6.61 Å². The van der Waals surface area contributed by atoms with E-state index in [0.717, 1.165) is 35.3 Å². The number of nitrogens with zero attached hydrogens (tertiary/aromatic N) is 1. The summed E-state index contributed by atoms with van der Waals surface area (Å²) in [4.78, 5) is 12.7. The number of hydrazone groups is 1. The molecule has 0 atom stereocenters. The van der Waals surface area contributed by atoms with E-state index in [1.54, 1.807) is 12.3 Å². The van der Waals surface area contributed by atoms with Gasteiger partial charge in [-0.05, 0) is 63.7 Å². The zero-order chi connectivity index (χ0) is 24.4. The van der Waals surface area contributed by atoms with E-state index in [1.807, 2.05) is 72.8 Å². The smallest absolute Gasteiger partial charge is 0.307 e. The SMILES string of the molecule is O=C(N/N=C\c1c(OCc2ccccc2Cl)ccc2ccccc12)c1cc2cc(Br)cc(I)c2o1. The van der Waals surface area contributed by atoms with Crippen LogP contribution < -0.4 is 10.2 Å². The molecule has 0 radical (unpaired) electrons. The highest BCUT2D eigenvalue weighted by Gasteiger charge is 2.15. The Bertz CT molecular complexity index is 1600. The number of amides is 1. The van der Waals surface area contributed by atoms with Crippen molar-refractivity contribution in [3.63, 3.8) is 0 Å². The molecule has 0 aliphatic rings. The first-order valence-electron chi connectivity index (χ1n) is 10.6. The Balaban J connectivity index is 1.41. The minimum atomic E-state index is -0.442. The molecule has 35 heavy (non-hydrogen) atoms. The molecule has 0 bridgehead atoms. The van der Waals surface area contributed by atoms with Gasteiger partial charge in [0.25, 0.3) is 0 Å². The molecule has 5 nitrogen and oxygen atoms in total. The summed E-state index contributed by atoms with van der Waals surface area (Å²) in [5.41, 5.74) is 4.85. The van der Waals surface area contributed by atoms with Crippen LogP contribution in [0.2, 0.25) is 5.02 Å². The summed E-state index contributed by atoms with van der Waals surface area (Å²) >= 11 is 11.9. The number of hydrogen-bond donors (Lipinski definition) is 1. The zero-order valence-electron chi connectivity index (χ0n) is 18.1. The van der Waals surface area contributed by atoms with Gasteiger partial charge in [-0.1, -0.05) is 76.1 Å². The van der Waals surface area contributed by atoms with Crippen LogP contribution in [0.1, 0.15) is 21.7 Å². The van der Waals surface area contributed by atoms with E-state index >= 15 is 0 Å². The molecule has 1 N–H and O–H groups in total. The second-order valence-electron chi connectivity index (χ2n) is 7.69. The summed E-state index contributed by atoms with van der Waals surface area (Å²) in [7, 11) is 0. The molecule has 1 amide bonds. The van der Waals surface area contributed by atoms with Gasteiger partial charge in [-0.15, -0.1) is 0 Å². The van der Waals surface area contributed by atoms with Crippen LogP contribution in [0.4, 0.5) is 0 Å². The Kier molecular flexibility index (Phi) is 7.08. The van der Waals surface area contributed by atoms with E-state index in [4.69, 9.17) is 20.8 Å². The molecular formula is C27H17BrClIN2O3. The van der Waals surface area contributed by atoms with Crippen molar-refractivity contribution in [3.05, 3.63) is 109 Å². The molecule has 174 valence electrons. The zero-order valence-corrected chi connectivity index (χ0v) is 22.6. The molecule has 0 unspecified atom stereocenters. The summed E-state index contributed by atoms with van der Waals surface area (Å²) in [5, 5.41) is 7.67. The number of fused-ring (bicyclic) bond motifs is 2. The van der Waals surface area contributed by atoms with E-state index in [-0.39, 0.29) is 5.76 Å². The molecule has 0 aliphatic heterocycles. The minimum absolute atomic E-state index is 0.182. The minimum Gasteiger partial charge on any atom is -0.488 e. The molecule has 0 saturated carbocycles. The second kappa shape index (κ2) is 10.4. The average Bonchev–Trinajstić information content (AvgIpc) is 3.29. The van der Waals surface area contributed by atoms with Gasteiger partial charge < -0.3 is 9.15 Å². The molecule has 5 rings (SSSR count). The van der Waals surface area contributed by atoms with E-state index in [0.29, 0.717) is 23.0 Å². The fourth-order valence-electron chi connectivity index (χ4n) is 3.70. The Labute approximate surface area is 228 Å². The van der Waals surface area contributed by atoms with Gasteiger partial charge in [-0.25, -0.2) is 5.43 Å². The van der Waals surface area contributed by atoms with Gasteiger partial charge in [0, 0.05) is 26.0 Å². The van der Waals surface area contributed by atoms with Crippen LogP contribution in [0, 0.1) is 3.57 Å². The summed E-state index contributed by atoms with van der Waals surface area (Å²) in [6.07, 6.45) is 1.59. The lowest BCUT2D eigenvalue weighted by Crippen LogP contribution is -2.16. The maximum Gasteiger partial charge on any atom is 0.307 e. The highest BCUT2D eigenvalue weighted by Crippen LogP contribution is 2.30. The van der Waals surface area contributed by atoms with Gasteiger partial charge in [-0.3, -0.25) is 4.79 Å². The first kappa shape index (κ1) is 23.8. The number of benzene rings is 4. The molecule has 0 saturated heterocycles. The van der Waals surface area contributed by atoms with Crippen LogP contribution in [0.25, 0.3) is 21.7 Å². The number of carbonyl (C=O) groups is 1. The molecule has 8 heteroatoms. The van der Waals surface area contributed by atoms with Crippen LogP contribution in [-0.2, 0) is 6.61 Å². The Morgan fingerprint density at radius 1 is 1.06 bits per heavy atom. The van der Waals surface area contributed by atoms with Gasteiger partial charge in [-0.2, -0.15) is 5.10 Å². The Morgan fingerprint density at radius 3 is 2.71 bits per heavy atom. The fourth-order valence-corrected chi connectivity index (χ4v) is 5.55. The van der Waals surface area contributed by atoms with Crippen molar-refractivity contribution in [1.82, 2.24) is 5.43 Å². The lowest BCUT2D eigenvalue weighted by atomic mass is 10.0. The first-order chi connectivity index (χ1) is 17.0. The van der Waals surface area contributed by atoms with Crippen LogP contribution >= 0.6 is 50.1 Å². The van der Waals surface area contributed by atoms with E-state index < -0.39 is 5.91 Å². The molecular weight excluding hydrogens is 643 g/mol. The summed E-state index contributed by atoms with van der Waals surface area (Å²) < 4.78 is 13.7. The maximum absolute atomic E-state index is 12.7. The predicted molar refractivity (Wildman–Crippen MR) is 151 cm³/mol. The first-order valence-corrected chi connectivity index (χ1v) is 12.8. The standard InChI is InChI=1S/C27H17BrClIN2O3/c28-19-11-18-12-25(35-26(18)23(30)13-19)27(33)32-31-14-21-20-7-3-1-5-16(20)9-10-24(21)34-15-17-6-2-4-8-22(17)29/h1-14H,15H2,(H,32,33)/b31-14-. The van der Waals surface area contributed by atoms with Crippen molar-refractivity contribution in [3.8, 4) is 5.75 Å². The highest BCUT2D eigenvalue weighted by molar-refractivity contribution is 14.1. The lowest BCUT2D eigenvalue weighted by Gasteiger charge is -2.12. The van der Waals surface area contributed by atoms with Gasteiger partial charge in [0.1, 0.15) is 17.9 Å². The van der Waals surface area contributed by atoms with E-state index in [9.17, 15) is 4.79 Å². The number of hydrogen-bond acceptors (Lipinski definition) is 4. The number of ether oxygens (including phenoxy) is 1. The van der Waals surface area contributed by atoms with Crippen LogP contribution in [0.5, 0.6) is 5.75 Å². The topological polar surface area (TPSA) is 63.8 Å². The molecule has 0 fully saturated rings. The van der Waals surface area contributed by atoms with Gasteiger partial charge in [0.05, 0.1) is 9.78 Å². The quantitative estimate of drug-likeness (QED) is 0.114. The number of nitrogens with one attached hydrogen (secondary N) is 1. The predicted octanol–water partition coefficient (Wildman–Crippen LogP) is 7.95. The Morgan fingerprint density at radius 2 is 1.86 bits per heavy atom. The van der Waals surface area contributed by atoms with Crippen molar-refractivity contribution in [2.75, 3.05) is 0 Å². The summed E-state index contributed by atoms with van der Waals surface area (Å²) in [6.45, 7) is 0.304. The maximum atomic E-state index is 12.7. The monoisotopic (exact) mass is 658 g/mol. The van der Waals surface area contributed by atoms with Gasteiger partial charge in [0.15, 0.2) is 5.76 Å². The van der Waals surface area contributed by atoms with Gasteiger partial charge >= 0.3 is 5.91 Å². The third-order valence-electron chi connectivity index (χ3n) is 5.39. The molecule has 4 aromatic carbocycles.